The molecule has 1 aromatic carbocycles. The summed E-state index contributed by atoms with van der Waals surface area (Å²) < 4.78 is 53.2. The van der Waals surface area contributed by atoms with Crippen LogP contribution in [0.2, 0.25) is 5.02 Å². The molecule has 2 aliphatic heterocycles. The molecule has 2 amide bonds. The fourth-order valence-electron chi connectivity index (χ4n) is 4.96. The van der Waals surface area contributed by atoms with Gasteiger partial charge in [0.1, 0.15) is 11.2 Å². The smallest absolute Gasteiger partial charge is 0.354 e. The van der Waals surface area contributed by atoms with Crippen LogP contribution >= 0.6 is 11.6 Å². The number of hydrogen-bond acceptors (Lipinski definition) is 4. The predicted molar refractivity (Wildman–Crippen MR) is 111 cm³/mol. The molecule has 4 rings (SSSR count). The molecule has 2 N–H and O–H groups in total. The molecular formula is C21H25ClF4N4O2. The largest absolute Gasteiger partial charge is 0.403 e. The second kappa shape index (κ2) is 8.79. The highest BCUT2D eigenvalue weighted by atomic mass is 35.5. The summed E-state index contributed by atoms with van der Waals surface area (Å²) in [5.74, 6) is -1.72. The molecule has 0 spiro atoms. The van der Waals surface area contributed by atoms with Gasteiger partial charge in [0.15, 0.2) is 0 Å². The number of likely N-dealkylation sites (tertiary alicyclic amines) is 2. The lowest BCUT2D eigenvalue weighted by Gasteiger charge is -2.41. The summed E-state index contributed by atoms with van der Waals surface area (Å²) in [4.78, 5) is 28.7. The maximum atomic E-state index is 13.4. The average Bonchev–Trinajstić information content (AvgIpc) is 3.18. The highest BCUT2D eigenvalue weighted by Gasteiger charge is 2.63. The molecule has 3 fully saturated rings. The number of fused-ring (bicyclic) bond motifs is 2. The number of piperazine rings is 1. The van der Waals surface area contributed by atoms with E-state index in [1.165, 1.54) is 12.1 Å². The molecule has 2 atom stereocenters. The summed E-state index contributed by atoms with van der Waals surface area (Å²) in [6.07, 6.45) is -3.52. The first-order chi connectivity index (χ1) is 15.1. The fraction of sp³-hybridized carbons (Fsp3) is 0.619. The Hall–Kier alpha value is -1.91. The van der Waals surface area contributed by atoms with Crippen molar-refractivity contribution in [3.63, 3.8) is 0 Å². The molecule has 2 heterocycles. The van der Waals surface area contributed by atoms with E-state index in [0.29, 0.717) is 31.7 Å². The standard InChI is InChI=1S/C21H25ClF4N4O2/c22-13-6-14(23)8-15(7-13)28-18(31)12-30-11-16-9-17(30)10-29(16)5-4-27-19(32)20(2-1-3-20)21(24,25)26/h6-8,16-17H,1-5,9-12H2,(H,27,32)(H,28,31). The van der Waals surface area contributed by atoms with Gasteiger partial charge in [-0.2, -0.15) is 13.2 Å². The van der Waals surface area contributed by atoms with Crippen LogP contribution in [0.5, 0.6) is 0 Å². The second-order valence-electron chi connectivity index (χ2n) is 8.86. The summed E-state index contributed by atoms with van der Waals surface area (Å²) in [6, 6.07) is 4.17. The minimum atomic E-state index is -4.51. The molecule has 176 valence electrons. The van der Waals surface area contributed by atoms with E-state index in [2.05, 4.69) is 15.5 Å². The molecular weight excluding hydrogens is 452 g/mol. The van der Waals surface area contributed by atoms with Crippen LogP contribution in [0.3, 0.4) is 0 Å². The van der Waals surface area contributed by atoms with Crippen molar-refractivity contribution in [2.75, 3.05) is 38.0 Å². The summed E-state index contributed by atoms with van der Waals surface area (Å²) in [7, 11) is 0. The van der Waals surface area contributed by atoms with Gasteiger partial charge in [0.2, 0.25) is 11.8 Å². The zero-order valence-electron chi connectivity index (χ0n) is 17.4. The van der Waals surface area contributed by atoms with Crippen LogP contribution in [0.25, 0.3) is 0 Å². The van der Waals surface area contributed by atoms with E-state index in [1.54, 1.807) is 0 Å². The number of nitrogens with zero attached hydrogens (tertiary/aromatic N) is 2. The van der Waals surface area contributed by atoms with Crippen molar-refractivity contribution in [2.45, 2.75) is 43.9 Å². The van der Waals surface area contributed by atoms with Crippen LogP contribution in [0, 0.1) is 11.2 Å². The molecule has 2 unspecified atom stereocenters. The van der Waals surface area contributed by atoms with Gasteiger partial charge in [0.25, 0.3) is 0 Å². The minimum absolute atomic E-state index is 0.143. The van der Waals surface area contributed by atoms with Crippen molar-refractivity contribution in [1.82, 2.24) is 15.1 Å². The van der Waals surface area contributed by atoms with E-state index in [0.717, 1.165) is 12.5 Å². The Morgan fingerprint density at radius 1 is 1.12 bits per heavy atom. The number of benzene rings is 1. The molecule has 1 aromatic rings. The Bertz CT molecular complexity index is 873. The number of hydrogen-bond donors (Lipinski definition) is 2. The van der Waals surface area contributed by atoms with E-state index in [1.807, 2.05) is 4.90 Å². The average molecular weight is 477 g/mol. The van der Waals surface area contributed by atoms with Gasteiger partial charge < -0.3 is 10.6 Å². The van der Waals surface area contributed by atoms with Crippen molar-refractivity contribution in [1.29, 1.82) is 0 Å². The molecule has 11 heteroatoms. The van der Waals surface area contributed by atoms with Crippen molar-refractivity contribution in [2.24, 2.45) is 5.41 Å². The van der Waals surface area contributed by atoms with Crippen LogP contribution in [-0.2, 0) is 9.59 Å². The van der Waals surface area contributed by atoms with Gasteiger partial charge in [-0.15, -0.1) is 0 Å². The van der Waals surface area contributed by atoms with Crippen LogP contribution in [0.4, 0.5) is 23.2 Å². The SMILES string of the molecule is O=C(CN1CC2CC1CN2CCNC(=O)C1(C(F)(F)F)CCC1)Nc1cc(F)cc(Cl)c1. The second-order valence-corrected chi connectivity index (χ2v) is 9.30. The molecule has 0 radical (unpaired) electrons. The number of nitrogens with one attached hydrogen (secondary N) is 2. The predicted octanol–water partition coefficient (Wildman–Crippen LogP) is 3.02. The summed E-state index contributed by atoms with van der Waals surface area (Å²) in [6.45, 7) is 2.14. The Balaban J connectivity index is 1.21. The third-order valence-corrected chi connectivity index (χ3v) is 7.05. The first-order valence-corrected chi connectivity index (χ1v) is 11.0. The first-order valence-electron chi connectivity index (χ1n) is 10.7. The van der Waals surface area contributed by atoms with Crippen LogP contribution in [0.1, 0.15) is 25.7 Å². The maximum absolute atomic E-state index is 13.4. The van der Waals surface area contributed by atoms with Gasteiger partial charge in [-0.3, -0.25) is 19.4 Å². The van der Waals surface area contributed by atoms with Crippen LogP contribution in [0.15, 0.2) is 18.2 Å². The first kappa shape index (κ1) is 23.3. The zero-order chi connectivity index (χ0) is 23.1. The Labute approximate surface area is 188 Å². The molecule has 2 saturated heterocycles. The number of carbonyl (C=O) groups excluding carboxylic acids is 2. The van der Waals surface area contributed by atoms with E-state index < -0.39 is 23.3 Å². The van der Waals surface area contributed by atoms with Gasteiger partial charge in [0.05, 0.1) is 6.54 Å². The van der Waals surface area contributed by atoms with Gasteiger partial charge in [-0.1, -0.05) is 18.0 Å². The number of rotatable bonds is 7. The maximum Gasteiger partial charge on any atom is 0.403 e. The van der Waals surface area contributed by atoms with Crippen molar-refractivity contribution < 1.29 is 27.2 Å². The van der Waals surface area contributed by atoms with Gasteiger partial charge in [-0.25, -0.2) is 4.39 Å². The third-order valence-electron chi connectivity index (χ3n) is 6.83. The fourth-order valence-corrected chi connectivity index (χ4v) is 5.18. The lowest BCUT2D eigenvalue weighted by molar-refractivity contribution is -0.243. The third kappa shape index (κ3) is 4.58. The molecule has 0 aromatic heterocycles. The number of alkyl halides is 3. The quantitative estimate of drug-likeness (QED) is 0.594. The molecule has 2 bridgehead atoms. The molecule has 32 heavy (non-hydrogen) atoms. The Kier molecular flexibility index (Phi) is 6.39. The number of anilines is 1. The summed E-state index contributed by atoms with van der Waals surface area (Å²) in [5, 5.41) is 5.32. The van der Waals surface area contributed by atoms with Crippen LogP contribution < -0.4 is 10.6 Å². The lowest BCUT2D eigenvalue weighted by atomic mass is 9.67. The molecule has 6 nitrogen and oxygen atoms in total. The van der Waals surface area contributed by atoms with Gasteiger partial charge in [0, 0.05) is 49.0 Å². The normalized spacial score (nSPS) is 24.9. The van der Waals surface area contributed by atoms with E-state index in [9.17, 15) is 27.2 Å². The van der Waals surface area contributed by atoms with Crippen LogP contribution in [-0.4, -0.2) is 72.6 Å². The highest BCUT2D eigenvalue weighted by Crippen LogP contribution is 2.53. The summed E-state index contributed by atoms with van der Waals surface area (Å²) in [5.41, 5.74) is -1.92. The molecule has 1 aliphatic carbocycles. The topological polar surface area (TPSA) is 64.7 Å². The Morgan fingerprint density at radius 3 is 2.38 bits per heavy atom. The molecule has 1 saturated carbocycles. The highest BCUT2D eigenvalue weighted by molar-refractivity contribution is 6.30. The zero-order valence-corrected chi connectivity index (χ0v) is 18.1. The number of amides is 2. The minimum Gasteiger partial charge on any atom is -0.354 e. The monoisotopic (exact) mass is 476 g/mol. The van der Waals surface area contributed by atoms with Crippen molar-refractivity contribution in [3.05, 3.63) is 29.0 Å². The van der Waals surface area contributed by atoms with Gasteiger partial charge in [-0.05, 0) is 37.5 Å². The number of halogens is 5. The van der Waals surface area contributed by atoms with E-state index in [4.69, 9.17) is 11.6 Å². The van der Waals surface area contributed by atoms with Crippen molar-refractivity contribution >= 4 is 29.1 Å². The van der Waals surface area contributed by atoms with E-state index >= 15 is 0 Å². The molecule has 3 aliphatic rings. The lowest BCUT2D eigenvalue weighted by Crippen LogP contribution is -2.56. The van der Waals surface area contributed by atoms with Gasteiger partial charge >= 0.3 is 6.18 Å². The Morgan fingerprint density at radius 2 is 1.81 bits per heavy atom. The number of carbonyl (C=O) groups is 2. The van der Waals surface area contributed by atoms with E-state index in [-0.39, 0.29) is 48.9 Å². The van der Waals surface area contributed by atoms with Crippen molar-refractivity contribution in [3.8, 4) is 0 Å². The summed E-state index contributed by atoms with van der Waals surface area (Å²) >= 11 is 5.80.